The van der Waals surface area contributed by atoms with Gasteiger partial charge in [0.1, 0.15) is 5.54 Å². The molecule has 1 saturated carbocycles. The molecule has 0 aromatic heterocycles. The van der Waals surface area contributed by atoms with Gasteiger partial charge in [0.2, 0.25) is 5.91 Å². The zero-order valence-corrected chi connectivity index (χ0v) is 23.3. The third-order valence-electron chi connectivity index (χ3n) is 8.44. The molecule has 4 amide bonds. The number of carbonyl (C=O) groups is 3. The molecular formula is C29H36N4O5S. The molecule has 3 aliphatic rings. The van der Waals surface area contributed by atoms with E-state index in [0.29, 0.717) is 31.5 Å². The van der Waals surface area contributed by atoms with E-state index in [4.69, 9.17) is 0 Å². The highest BCUT2D eigenvalue weighted by Gasteiger charge is 2.52. The summed E-state index contributed by atoms with van der Waals surface area (Å²) in [6.45, 7) is 4.20. The summed E-state index contributed by atoms with van der Waals surface area (Å²) in [6, 6.07) is 15.8. The van der Waals surface area contributed by atoms with E-state index in [1.807, 2.05) is 37.3 Å². The molecule has 0 bridgehead atoms. The number of carbonyl (C=O) groups excluding carboxylic acids is 3. The fourth-order valence-electron chi connectivity index (χ4n) is 5.41. The Hall–Kier alpha value is -3.24. The molecular weight excluding hydrogens is 516 g/mol. The number of piperidine rings is 1. The fourth-order valence-corrected chi connectivity index (χ4v) is 6.04. The summed E-state index contributed by atoms with van der Waals surface area (Å²) >= 11 is 0. The van der Waals surface area contributed by atoms with E-state index in [0.717, 1.165) is 37.6 Å². The summed E-state index contributed by atoms with van der Waals surface area (Å²) in [5.41, 5.74) is 0.623. The minimum absolute atomic E-state index is 0.0793. The Kier molecular flexibility index (Phi) is 7.28. The largest absolute Gasteiger partial charge is 0.349 e. The molecule has 0 unspecified atom stereocenters. The van der Waals surface area contributed by atoms with Gasteiger partial charge in [-0.2, -0.15) is 0 Å². The molecule has 2 heterocycles. The summed E-state index contributed by atoms with van der Waals surface area (Å²) < 4.78 is 23.4. The smallest absolute Gasteiger partial charge is 0.325 e. The van der Waals surface area contributed by atoms with Crippen molar-refractivity contribution in [1.29, 1.82) is 0 Å². The molecule has 1 spiro atoms. The van der Waals surface area contributed by atoms with Gasteiger partial charge < -0.3 is 15.5 Å². The average Bonchev–Trinajstić information content (AvgIpc) is 3.64. The Bertz CT molecular complexity index is 1350. The summed E-state index contributed by atoms with van der Waals surface area (Å²) in [7, 11) is -3.32. The SMILES string of the molecule is CC1(C(=O)N[C@@H](CCN2CCC3(CC2)NC(=O)N(Cc2ccc(S(C)(=O)=O)cc2)C3=O)c2ccccc2)CC1. The average molecular weight is 553 g/mol. The van der Waals surface area contributed by atoms with E-state index < -0.39 is 21.4 Å². The zero-order valence-electron chi connectivity index (χ0n) is 22.5. The minimum Gasteiger partial charge on any atom is -0.349 e. The van der Waals surface area contributed by atoms with Crippen molar-refractivity contribution < 1.29 is 22.8 Å². The number of amides is 4. The van der Waals surface area contributed by atoms with Gasteiger partial charge in [0.05, 0.1) is 17.5 Å². The first kappa shape index (κ1) is 27.3. The number of urea groups is 1. The molecule has 2 aliphatic heterocycles. The molecule has 39 heavy (non-hydrogen) atoms. The predicted molar refractivity (Wildman–Crippen MR) is 146 cm³/mol. The number of hydrogen-bond acceptors (Lipinski definition) is 6. The number of sulfone groups is 1. The number of benzene rings is 2. The summed E-state index contributed by atoms with van der Waals surface area (Å²) in [4.78, 5) is 42.7. The van der Waals surface area contributed by atoms with Gasteiger partial charge in [0, 0.05) is 31.3 Å². The molecule has 5 rings (SSSR count). The monoisotopic (exact) mass is 552 g/mol. The maximum atomic E-state index is 13.4. The number of nitrogens with one attached hydrogen (secondary N) is 2. The summed E-state index contributed by atoms with van der Waals surface area (Å²) in [6.07, 6.45) is 4.79. The van der Waals surface area contributed by atoms with Crippen LogP contribution in [0.25, 0.3) is 0 Å². The van der Waals surface area contributed by atoms with Crippen LogP contribution in [0.15, 0.2) is 59.5 Å². The van der Waals surface area contributed by atoms with Gasteiger partial charge in [0.15, 0.2) is 9.84 Å². The molecule has 9 nitrogen and oxygen atoms in total. The molecule has 1 aliphatic carbocycles. The Labute approximate surface area is 229 Å². The molecule has 3 fully saturated rings. The highest BCUT2D eigenvalue weighted by atomic mass is 32.2. The first-order valence-electron chi connectivity index (χ1n) is 13.5. The van der Waals surface area contributed by atoms with Gasteiger partial charge in [-0.15, -0.1) is 0 Å². The van der Waals surface area contributed by atoms with Crippen molar-refractivity contribution in [3.05, 3.63) is 65.7 Å². The van der Waals surface area contributed by atoms with Crippen LogP contribution < -0.4 is 10.6 Å². The topological polar surface area (TPSA) is 116 Å². The Morgan fingerprint density at radius 2 is 1.64 bits per heavy atom. The predicted octanol–water partition coefficient (Wildman–Crippen LogP) is 3.02. The highest BCUT2D eigenvalue weighted by Crippen LogP contribution is 2.45. The normalized spacial score (nSPS) is 21.0. The molecule has 2 N–H and O–H groups in total. The maximum Gasteiger partial charge on any atom is 0.325 e. The number of rotatable bonds is 9. The van der Waals surface area contributed by atoms with Crippen LogP contribution in [0.5, 0.6) is 0 Å². The van der Waals surface area contributed by atoms with Gasteiger partial charge in [0.25, 0.3) is 5.91 Å². The molecule has 2 aromatic carbocycles. The van der Waals surface area contributed by atoms with E-state index in [1.54, 1.807) is 12.1 Å². The third kappa shape index (κ3) is 5.86. The fraction of sp³-hybridized carbons (Fsp3) is 0.483. The van der Waals surface area contributed by atoms with Crippen LogP contribution in [0.4, 0.5) is 4.79 Å². The molecule has 0 radical (unpaired) electrons. The van der Waals surface area contributed by atoms with Crippen LogP contribution in [0.3, 0.4) is 0 Å². The first-order valence-corrected chi connectivity index (χ1v) is 15.4. The van der Waals surface area contributed by atoms with Crippen LogP contribution in [-0.4, -0.2) is 67.5 Å². The number of nitrogens with zero attached hydrogens (tertiary/aromatic N) is 2. The van der Waals surface area contributed by atoms with E-state index in [1.165, 1.54) is 17.0 Å². The zero-order chi connectivity index (χ0) is 27.8. The Balaban J connectivity index is 1.17. The van der Waals surface area contributed by atoms with Crippen molar-refractivity contribution >= 4 is 27.7 Å². The van der Waals surface area contributed by atoms with Crippen molar-refractivity contribution in [3.63, 3.8) is 0 Å². The number of imide groups is 1. The van der Waals surface area contributed by atoms with Gasteiger partial charge in [-0.1, -0.05) is 49.4 Å². The highest BCUT2D eigenvalue weighted by molar-refractivity contribution is 7.90. The lowest BCUT2D eigenvalue weighted by molar-refractivity contribution is -0.133. The molecule has 2 aromatic rings. The second kappa shape index (κ2) is 10.4. The lowest BCUT2D eigenvalue weighted by atomic mass is 9.87. The maximum absolute atomic E-state index is 13.4. The van der Waals surface area contributed by atoms with Crippen molar-refractivity contribution in [2.24, 2.45) is 5.41 Å². The first-order chi connectivity index (χ1) is 18.5. The quantitative estimate of drug-likeness (QED) is 0.462. The summed E-state index contributed by atoms with van der Waals surface area (Å²) in [5, 5.41) is 6.20. The number of likely N-dealkylation sites (tertiary alicyclic amines) is 1. The lowest BCUT2D eigenvalue weighted by Crippen LogP contribution is -2.55. The number of hydrogen-bond donors (Lipinski definition) is 2. The van der Waals surface area contributed by atoms with Gasteiger partial charge in [-0.25, -0.2) is 13.2 Å². The minimum atomic E-state index is -3.32. The van der Waals surface area contributed by atoms with Crippen LogP contribution in [0, 0.1) is 5.41 Å². The van der Waals surface area contributed by atoms with Gasteiger partial charge >= 0.3 is 6.03 Å². The third-order valence-corrected chi connectivity index (χ3v) is 9.57. The van der Waals surface area contributed by atoms with Crippen molar-refractivity contribution in [2.75, 3.05) is 25.9 Å². The Morgan fingerprint density at radius 1 is 1.00 bits per heavy atom. The van der Waals surface area contributed by atoms with Crippen LogP contribution in [0.2, 0.25) is 0 Å². The van der Waals surface area contributed by atoms with E-state index >= 15 is 0 Å². The standard InChI is InChI=1S/C29H36N4O5S/c1-28(13-14-28)25(34)30-24(22-6-4-3-5-7-22)12-17-32-18-15-29(16-19-32)26(35)33(27(36)31-29)20-21-8-10-23(11-9-21)39(2,37)38/h3-11,24H,12-20H2,1-2H3,(H,30,34)(H,31,36)/t24-/m0/s1. The molecule has 2 saturated heterocycles. The summed E-state index contributed by atoms with van der Waals surface area (Å²) in [5.74, 6) is -0.120. The van der Waals surface area contributed by atoms with E-state index in [2.05, 4.69) is 15.5 Å². The lowest BCUT2D eigenvalue weighted by Gasteiger charge is -2.38. The van der Waals surface area contributed by atoms with Crippen LogP contribution in [-0.2, 0) is 26.0 Å². The van der Waals surface area contributed by atoms with Crippen LogP contribution >= 0.6 is 0 Å². The molecule has 1 atom stereocenters. The van der Waals surface area contributed by atoms with Crippen LogP contribution in [0.1, 0.15) is 56.2 Å². The van der Waals surface area contributed by atoms with Crippen molar-refractivity contribution in [1.82, 2.24) is 20.4 Å². The van der Waals surface area contributed by atoms with Gasteiger partial charge in [-0.3, -0.25) is 14.5 Å². The molecule has 10 heteroatoms. The van der Waals surface area contributed by atoms with Crippen molar-refractivity contribution in [3.8, 4) is 0 Å². The van der Waals surface area contributed by atoms with E-state index in [9.17, 15) is 22.8 Å². The van der Waals surface area contributed by atoms with Gasteiger partial charge in [-0.05, 0) is 55.4 Å². The Morgan fingerprint density at radius 3 is 2.23 bits per heavy atom. The van der Waals surface area contributed by atoms with E-state index in [-0.39, 0.29) is 34.7 Å². The van der Waals surface area contributed by atoms with Crippen molar-refractivity contribution in [2.45, 2.75) is 62.0 Å². The molecule has 208 valence electrons. The second-order valence-corrected chi connectivity index (χ2v) is 13.5. The second-order valence-electron chi connectivity index (χ2n) is 11.4.